The number of halogens is 2. The molecule has 0 aliphatic rings. The van der Waals surface area contributed by atoms with Crippen LogP contribution >= 0.6 is 31.9 Å². The Morgan fingerprint density at radius 2 is 1.64 bits per heavy atom. The second-order valence-electron chi connectivity index (χ2n) is 2.54. The Balaban J connectivity index is 3.21. The van der Waals surface area contributed by atoms with E-state index >= 15 is 0 Å². The Morgan fingerprint density at radius 1 is 1.18 bits per heavy atom. The van der Waals surface area contributed by atoms with Crippen molar-refractivity contribution in [2.24, 2.45) is 0 Å². The van der Waals surface area contributed by atoms with Gasteiger partial charge >= 0.3 is 0 Å². The lowest BCUT2D eigenvalue weighted by Crippen LogP contribution is -2.10. The smallest absolute Gasteiger partial charge is 0.0849 e. The van der Waals surface area contributed by atoms with Crippen molar-refractivity contribution >= 4 is 44.6 Å². The first-order chi connectivity index (χ1) is 5.15. The summed E-state index contributed by atoms with van der Waals surface area (Å²) in [7, 11) is 1.08. The lowest BCUT2D eigenvalue weighted by Gasteiger charge is -2.03. The van der Waals surface area contributed by atoms with Gasteiger partial charge in [0.05, 0.1) is 0 Å². The zero-order valence-corrected chi connectivity index (χ0v) is 9.79. The minimum Gasteiger partial charge on any atom is -0.0849 e. The van der Waals surface area contributed by atoms with Gasteiger partial charge in [-0.1, -0.05) is 56.3 Å². The summed E-state index contributed by atoms with van der Waals surface area (Å²) in [5.41, 5.74) is 2.62. The fourth-order valence-corrected chi connectivity index (χ4v) is 2.18. The van der Waals surface area contributed by atoms with Crippen molar-refractivity contribution in [3.05, 3.63) is 26.6 Å². The maximum atomic E-state index is 3.51. The van der Waals surface area contributed by atoms with E-state index in [1.54, 1.807) is 0 Å². The molecule has 0 N–H and O–H groups in total. The van der Waals surface area contributed by atoms with E-state index in [2.05, 4.69) is 57.7 Å². The van der Waals surface area contributed by atoms with Crippen LogP contribution < -0.4 is 5.46 Å². The predicted molar refractivity (Wildman–Crippen MR) is 59.2 cm³/mol. The van der Waals surface area contributed by atoms with Gasteiger partial charge in [0.2, 0.25) is 0 Å². The standard InChI is InChI=1S/C8H9BBr2/c1-5-7(10)3-6(9-2)4-8(5)11/h3-4,9H,1-2H3. The Labute approximate surface area is 84.9 Å². The first-order valence-electron chi connectivity index (χ1n) is 3.59. The van der Waals surface area contributed by atoms with Crippen LogP contribution in [0.2, 0.25) is 6.82 Å². The molecule has 0 atom stereocenters. The third kappa shape index (κ3) is 2.09. The Kier molecular flexibility index (Phi) is 3.20. The molecule has 0 aliphatic carbocycles. The summed E-state index contributed by atoms with van der Waals surface area (Å²) < 4.78 is 2.37. The number of hydrogen-bond acceptors (Lipinski definition) is 0. The number of hydrogen-bond donors (Lipinski definition) is 0. The van der Waals surface area contributed by atoms with Gasteiger partial charge in [-0.2, -0.15) is 0 Å². The van der Waals surface area contributed by atoms with Crippen LogP contribution in [-0.2, 0) is 0 Å². The molecule has 0 fully saturated rings. The first-order valence-corrected chi connectivity index (χ1v) is 5.18. The molecule has 0 bridgehead atoms. The van der Waals surface area contributed by atoms with Crippen LogP contribution in [0, 0.1) is 6.92 Å². The van der Waals surface area contributed by atoms with Crippen molar-refractivity contribution in [1.29, 1.82) is 0 Å². The van der Waals surface area contributed by atoms with E-state index in [0.29, 0.717) is 0 Å². The van der Waals surface area contributed by atoms with E-state index in [0.717, 1.165) is 7.28 Å². The normalized spacial score (nSPS) is 9.82. The summed E-state index contributed by atoms with van der Waals surface area (Å²) in [6.45, 7) is 4.25. The molecule has 0 aromatic heterocycles. The Bertz CT molecular complexity index is 248. The van der Waals surface area contributed by atoms with Gasteiger partial charge in [0, 0.05) is 8.95 Å². The quantitative estimate of drug-likeness (QED) is 0.691. The molecule has 0 saturated heterocycles. The maximum absolute atomic E-state index is 3.51. The molecule has 0 amide bonds. The van der Waals surface area contributed by atoms with Crippen molar-refractivity contribution < 1.29 is 0 Å². The third-order valence-corrected chi connectivity index (χ3v) is 3.40. The molecule has 0 spiro atoms. The minimum atomic E-state index is 1.08. The summed E-state index contributed by atoms with van der Waals surface area (Å²) in [4.78, 5) is 0. The van der Waals surface area contributed by atoms with Gasteiger partial charge in [-0.15, -0.1) is 0 Å². The van der Waals surface area contributed by atoms with Crippen LogP contribution in [0.15, 0.2) is 21.1 Å². The van der Waals surface area contributed by atoms with Gasteiger partial charge < -0.3 is 0 Å². The molecular formula is C8H9BBr2. The highest BCUT2D eigenvalue weighted by atomic mass is 79.9. The highest BCUT2D eigenvalue weighted by Gasteiger charge is 2.01. The molecule has 0 saturated carbocycles. The lowest BCUT2D eigenvalue weighted by atomic mass is 9.73. The summed E-state index contributed by atoms with van der Waals surface area (Å²) >= 11 is 7.02. The zero-order valence-electron chi connectivity index (χ0n) is 6.62. The van der Waals surface area contributed by atoms with Gasteiger partial charge in [-0.3, -0.25) is 0 Å². The molecule has 1 aromatic carbocycles. The van der Waals surface area contributed by atoms with Gasteiger partial charge in [-0.05, 0) is 12.5 Å². The van der Waals surface area contributed by atoms with Crippen LogP contribution in [0.5, 0.6) is 0 Å². The van der Waals surface area contributed by atoms with Gasteiger partial charge in [0.15, 0.2) is 7.28 Å². The van der Waals surface area contributed by atoms with Crippen LogP contribution in [-0.4, -0.2) is 7.28 Å². The number of rotatable bonds is 1. The second-order valence-corrected chi connectivity index (χ2v) is 4.25. The summed E-state index contributed by atoms with van der Waals surface area (Å²) in [5, 5.41) is 0. The number of benzene rings is 1. The zero-order chi connectivity index (χ0) is 8.43. The van der Waals surface area contributed by atoms with Crippen LogP contribution in [0.3, 0.4) is 0 Å². The highest BCUT2D eigenvalue weighted by molar-refractivity contribution is 9.11. The van der Waals surface area contributed by atoms with E-state index in [1.165, 1.54) is 20.0 Å². The van der Waals surface area contributed by atoms with Gasteiger partial charge in [0.25, 0.3) is 0 Å². The van der Waals surface area contributed by atoms with E-state index in [9.17, 15) is 0 Å². The Morgan fingerprint density at radius 3 is 2.00 bits per heavy atom. The molecule has 1 rings (SSSR count). The summed E-state index contributed by atoms with van der Waals surface area (Å²) in [5.74, 6) is 0. The molecule has 0 heterocycles. The lowest BCUT2D eigenvalue weighted by molar-refractivity contribution is 1.41. The molecular weight excluding hydrogens is 267 g/mol. The van der Waals surface area contributed by atoms with Gasteiger partial charge in [0.1, 0.15) is 0 Å². The topological polar surface area (TPSA) is 0 Å². The first kappa shape index (κ1) is 9.33. The molecule has 11 heavy (non-hydrogen) atoms. The predicted octanol–water partition coefficient (Wildman–Crippen LogP) is 2.63. The molecule has 0 aliphatic heterocycles. The van der Waals surface area contributed by atoms with Crippen LogP contribution in [0.1, 0.15) is 5.56 Å². The van der Waals surface area contributed by atoms with Crippen molar-refractivity contribution in [3.8, 4) is 0 Å². The Hall–Kier alpha value is 0.245. The fraction of sp³-hybridized carbons (Fsp3) is 0.250. The molecule has 0 unspecified atom stereocenters. The van der Waals surface area contributed by atoms with E-state index < -0.39 is 0 Å². The highest BCUT2D eigenvalue weighted by Crippen LogP contribution is 2.22. The van der Waals surface area contributed by atoms with E-state index in [4.69, 9.17) is 0 Å². The molecule has 1 aromatic rings. The summed E-state index contributed by atoms with van der Waals surface area (Å²) in [6, 6.07) is 4.33. The van der Waals surface area contributed by atoms with Crippen molar-refractivity contribution in [3.63, 3.8) is 0 Å². The van der Waals surface area contributed by atoms with E-state index in [-0.39, 0.29) is 0 Å². The van der Waals surface area contributed by atoms with Crippen LogP contribution in [0.4, 0.5) is 0 Å². The SMILES string of the molecule is CBc1cc(Br)c(C)c(Br)c1. The molecule has 58 valence electrons. The average Bonchev–Trinajstić information content (AvgIpc) is 1.99. The largest absolute Gasteiger partial charge is 0.154 e. The average molecular weight is 276 g/mol. The van der Waals surface area contributed by atoms with Gasteiger partial charge in [-0.25, -0.2) is 0 Å². The minimum absolute atomic E-state index is 1.08. The third-order valence-electron chi connectivity index (χ3n) is 1.75. The van der Waals surface area contributed by atoms with Crippen molar-refractivity contribution in [1.82, 2.24) is 0 Å². The van der Waals surface area contributed by atoms with Crippen LogP contribution in [0.25, 0.3) is 0 Å². The maximum Gasteiger partial charge on any atom is 0.154 e. The molecule has 3 heteroatoms. The molecule has 0 radical (unpaired) electrons. The molecule has 0 nitrogen and oxygen atoms in total. The van der Waals surface area contributed by atoms with Crippen molar-refractivity contribution in [2.75, 3.05) is 0 Å². The monoisotopic (exact) mass is 274 g/mol. The second kappa shape index (κ2) is 3.77. The summed E-state index contributed by atoms with van der Waals surface area (Å²) in [6.07, 6.45) is 0. The fourth-order valence-electron chi connectivity index (χ4n) is 0.902. The van der Waals surface area contributed by atoms with E-state index in [1.807, 2.05) is 0 Å². The van der Waals surface area contributed by atoms with Crippen molar-refractivity contribution in [2.45, 2.75) is 13.7 Å².